The molecule has 2 bridgehead atoms. The maximum Gasteiger partial charge on any atom is 0.0190 e. The summed E-state index contributed by atoms with van der Waals surface area (Å²) in [6, 6.07) is 1.54. The van der Waals surface area contributed by atoms with Crippen LogP contribution in [0.3, 0.4) is 0 Å². The fourth-order valence-electron chi connectivity index (χ4n) is 4.75. The van der Waals surface area contributed by atoms with Crippen LogP contribution in [0, 0.1) is 23.7 Å². The molecule has 7 atom stereocenters. The van der Waals surface area contributed by atoms with E-state index in [1.54, 1.807) is 0 Å². The van der Waals surface area contributed by atoms with Crippen molar-refractivity contribution in [2.24, 2.45) is 29.4 Å². The highest BCUT2D eigenvalue weighted by atomic mass is 15.0. The van der Waals surface area contributed by atoms with Gasteiger partial charge in [0.2, 0.25) is 0 Å². The zero-order chi connectivity index (χ0) is 11.3. The molecular weight excluding hydrogens is 196 g/mol. The maximum atomic E-state index is 5.96. The smallest absolute Gasteiger partial charge is 0.0190 e. The number of hydrogen-bond donors (Lipinski definition) is 2. The van der Waals surface area contributed by atoms with Gasteiger partial charge >= 0.3 is 0 Å². The average Bonchev–Trinajstić information content (AvgIpc) is 2.87. The third-order valence-electron chi connectivity index (χ3n) is 5.69. The van der Waals surface area contributed by atoms with Gasteiger partial charge in [0.25, 0.3) is 0 Å². The van der Waals surface area contributed by atoms with E-state index < -0.39 is 0 Å². The highest BCUT2D eigenvalue weighted by Gasteiger charge is 2.53. The van der Waals surface area contributed by atoms with Crippen molar-refractivity contribution in [3.05, 3.63) is 0 Å². The molecular formula is C14H26N2. The first-order valence-electron chi connectivity index (χ1n) is 7.18. The first-order chi connectivity index (χ1) is 7.66. The van der Waals surface area contributed by atoms with Crippen LogP contribution >= 0.6 is 0 Å². The highest BCUT2D eigenvalue weighted by molar-refractivity contribution is 5.06. The summed E-state index contributed by atoms with van der Waals surface area (Å²) in [7, 11) is 0. The molecule has 0 aromatic rings. The second-order valence-electron chi connectivity index (χ2n) is 6.57. The van der Waals surface area contributed by atoms with E-state index in [1.165, 1.54) is 32.1 Å². The van der Waals surface area contributed by atoms with E-state index in [0.29, 0.717) is 6.04 Å². The lowest BCUT2D eigenvalue weighted by Crippen LogP contribution is -2.49. The Morgan fingerprint density at radius 2 is 1.81 bits per heavy atom. The molecule has 0 aliphatic heterocycles. The van der Waals surface area contributed by atoms with Gasteiger partial charge in [-0.15, -0.1) is 0 Å². The Balaban J connectivity index is 1.63. The van der Waals surface area contributed by atoms with Crippen LogP contribution in [-0.4, -0.2) is 18.1 Å². The molecule has 3 fully saturated rings. The Morgan fingerprint density at radius 3 is 2.56 bits per heavy atom. The first-order valence-corrected chi connectivity index (χ1v) is 7.18. The average molecular weight is 222 g/mol. The summed E-state index contributed by atoms with van der Waals surface area (Å²) < 4.78 is 0. The molecule has 3 aliphatic carbocycles. The Morgan fingerprint density at radius 1 is 1.06 bits per heavy atom. The molecule has 3 saturated carbocycles. The van der Waals surface area contributed by atoms with Crippen molar-refractivity contribution in [1.29, 1.82) is 0 Å². The number of rotatable bonds is 3. The standard InChI is InChI=1S/C14H26N2/c1-8(15)9(2)16-14-7-10-6-13(14)12-5-3-4-11(10)12/h8-14,16H,3-7,15H2,1-2H3. The van der Waals surface area contributed by atoms with Crippen LogP contribution in [0.1, 0.15) is 46.0 Å². The van der Waals surface area contributed by atoms with E-state index in [0.717, 1.165) is 29.7 Å². The molecule has 92 valence electrons. The van der Waals surface area contributed by atoms with E-state index in [2.05, 4.69) is 19.2 Å². The summed E-state index contributed by atoms with van der Waals surface area (Å²) in [5.74, 6) is 4.21. The molecule has 0 amide bonds. The minimum Gasteiger partial charge on any atom is -0.327 e. The Bertz CT molecular complexity index is 263. The van der Waals surface area contributed by atoms with Gasteiger partial charge in [-0.05, 0) is 63.2 Å². The normalized spacial score (nSPS) is 49.3. The first kappa shape index (κ1) is 11.0. The molecule has 0 saturated heterocycles. The van der Waals surface area contributed by atoms with E-state index in [1.807, 2.05) is 0 Å². The lowest BCUT2D eigenvalue weighted by atomic mass is 9.79. The van der Waals surface area contributed by atoms with Crippen molar-refractivity contribution >= 4 is 0 Å². The molecule has 2 heteroatoms. The molecule has 0 heterocycles. The minimum atomic E-state index is 0.276. The quantitative estimate of drug-likeness (QED) is 0.768. The van der Waals surface area contributed by atoms with E-state index in [4.69, 9.17) is 5.73 Å². The fourth-order valence-corrected chi connectivity index (χ4v) is 4.75. The largest absolute Gasteiger partial charge is 0.327 e. The van der Waals surface area contributed by atoms with E-state index >= 15 is 0 Å². The van der Waals surface area contributed by atoms with Gasteiger partial charge in [-0.3, -0.25) is 0 Å². The third kappa shape index (κ3) is 1.62. The van der Waals surface area contributed by atoms with Gasteiger partial charge in [0.1, 0.15) is 0 Å². The Labute approximate surface area is 99.4 Å². The molecule has 0 aromatic carbocycles. The number of fused-ring (bicyclic) bond motifs is 5. The van der Waals surface area contributed by atoms with Crippen molar-refractivity contribution in [3.63, 3.8) is 0 Å². The van der Waals surface area contributed by atoms with E-state index in [9.17, 15) is 0 Å². The predicted molar refractivity (Wildman–Crippen MR) is 67.1 cm³/mol. The number of nitrogens with one attached hydrogen (secondary N) is 1. The highest BCUT2D eigenvalue weighted by Crippen LogP contribution is 2.58. The zero-order valence-electron chi connectivity index (χ0n) is 10.7. The van der Waals surface area contributed by atoms with Crippen LogP contribution in [0.25, 0.3) is 0 Å². The molecule has 16 heavy (non-hydrogen) atoms. The monoisotopic (exact) mass is 222 g/mol. The van der Waals surface area contributed by atoms with Crippen LogP contribution in [0.4, 0.5) is 0 Å². The zero-order valence-corrected chi connectivity index (χ0v) is 10.7. The summed E-state index contributed by atoms with van der Waals surface area (Å²) in [5.41, 5.74) is 5.96. The number of nitrogens with two attached hydrogens (primary N) is 1. The van der Waals surface area contributed by atoms with Gasteiger partial charge in [0.05, 0.1) is 0 Å². The second kappa shape index (κ2) is 3.99. The van der Waals surface area contributed by atoms with Crippen LogP contribution in [0.2, 0.25) is 0 Å². The minimum absolute atomic E-state index is 0.276. The lowest BCUT2D eigenvalue weighted by molar-refractivity contribution is 0.196. The molecule has 0 aromatic heterocycles. The topological polar surface area (TPSA) is 38.0 Å². The number of hydrogen-bond acceptors (Lipinski definition) is 2. The third-order valence-corrected chi connectivity index (χ3v) is 5.69. The predicted octanol–water partition coefficient (Wildman–Crippen LogP) is 2.14. The van der Waals surface area contributed by atoms with Crippen LogP contribution < -0.4 is 11.1 Å². The van der Waals surface area contributed by atoms with Gasteiger partial charge in [0.15, 0.2) is 0 Å². The van der Waals surface area contributed by atoms with Gasteiger partial charge in [-0.25, -0.2) is 0 Å². The molecule has 0 radical (unpaired) electrons. The van der Waals surface area contributed by atoms with Gasteiger partial charge < -0.3 is 11.1 Å². The lowest BCUT2D eigenvalue weighted by Gasteiger charge is -2.34. The second-order valence-corrected chi connectivity index (χ2v) is 6.57. The molecule has 3 aliphatic rings. The van der Waals surface area contributed by atoms with Crippen molar-refractivity contribution in [1.82, 2.24) is 5.32 Å². The van der Waals surface area contributed by atoms with Crippen molar-refractivity contribution < 1.29 is 0 Å². The molecule has 2 nitrogen and oxygen atoms in total. The van der Waals surface area contributed by atoms with Gasteiger partial charge in [-0.1, -0.05) is 6.42 Å². The summed E-state index contributed by atoms with van der Waals surface area (Å²) in [5, 5.41) is 3.80. The van der Waals surface area contributed by atoms with Gasteiger partial charge in [-0.2, -0.15) is 0 Å². The Kier molecular flexibility index (Phi) is 2.75. The van der Waals surface area contributed by atoms with Crippen molar-refractivity contribution in [2.45, 2.75) is 64.1 Å². The summed E-state index contributed by atoms with van der Waals surface area (Å²) >= 11 is 0. The summed E-state index contributed by atoms with van der Waals surface area (Å²) in [6.45, 7) is 4.35. The molecule has 0 spiro atoms. The van der Waals surface area contributed by atoms with Crippen LogP contribution in [-0.2, 0) is 0 Å². The molecule has 7 unspecified atom stereocenters. The SMILES string of the molecule is CC(N)C(C)NC1CC2CC1C1CCCC21. The Hall–Kier alpha value is -0.0800. The fraction of sp³-hybridized carbons (Fsp3) is 1.00. The van der Waals surface area contributed by atoms with Gasteiger partial charge in [0, 0.05) is 18.1 Å². The van der Waals surface area contributed by atoms with Crippen LogP contribution in [0.5, 0.6) is 0 Å². The molecule has 3 rings (SSSR count). The van der Waals surface area contributed by atoms with Crippen molar-refractivity contribution in [3.8, 4) is 0 Å². The van der Waals surface area contributed by atoms with Crippen molar-refractivity contribution in [2.75, 3.05) is 0 Å². The summed E-state index contributed by atoms with van der Waals surface area (Å²) in [4.78, 5) is 0. The molecule has 3 N–H and O–H groups in total. The van der Waals surface area contributed by atoms with Crippen LogP contribution in [0.15, 0.2) is 0 Å². The summed E-state index contributed by atoms with van der Waals surface area (Å²) in [6.07, 6.45) is 7.48. The maximum absolute atomic E-state index is 5.96. The van der Waals surface area contributed by atoms with E-state index in [-0.39, 0.29) is 6.04 Å².